The minimum Gasteiger partial charge on any atom is -0.354 e. The predicted molar refractivity (Wildman–Crippen MR) is 98.3 cm³/mol. The number of aryl methyl sites for hydroxylation is 1. The molecule has 0 bridgehead atoms. The van der Waals surface area contributed by atoms with Crippen LogP contribution in [0.15, 0.2) is 24.5 Å². The van der Waals surface area contributed by atoms with Crippen molar-refractivity contribution in [1.82, 2.24) is 9.47 Å². The number of hydrogen-bond acceptors (Lipinski definition) is 3. The Morgan fingerprint density at radius 2 is 1.17 bits per heavy atom. The fraction of sp³-hybridized carbons (Fsp3) is 0.700. The van der Waals surface area contributed by atoms with E-state index < -0.39 is 0 Å². The molecule has 0 aliphatic heterocycles. The van der Waals surface area contributed by atoms with Gasteiger partial charge in [0.15, 0.2) is 0 Å². The van der Waals surface area contributed by atoms with Gasteiger partial charge in [-0.05, 0) is 31.5 Å². The average Bonchev–Trinajstić information content (AvgIpc) is 3.11. The maximum absolute atomic E-state index is 8.68. The van der Waals surface area contributed by atoms with Gasteiger partial charge in [-0.25, -0.2) is 0 Å². The van der Waals surface area contributed by atoms with Crippen molar-refractivity contribution in [1.29, 1.82) is 10.5 Å². The number of unbranched alkanes of at least 4 members (excludes halogenated alkanes) is 7. The van der Waals surface area contributed by atoms with Gasteiger partial charge in [0.1, 0.15) is 0 Å². The summed E-state index contributed by atoms with van der Waals surface area (Å²) in [6, 6.07) is 8.56. The topological polar surface area (TPSA) is 55.8 Å². The predicted octanol–water partition coefficient (Wildman–Crippen LogP) is 4.74. The Morgan fingerprint density at radius 3 is 1.71 bits per heavy atom. The molecule has 1 rings (SSSR count). The molecule has 0 aliphatic rings. The minimum atomic E-state index is 0.564. The van der Waals surface area contributed by atoms with Gasteiger partial charge in [-0.1, -0.05) is 38.5 Å². The van der Waals surface area contributed by atoms with E-state index in [9.17, 15) is 0 Å². The van der Waals surface area contributed by atoms with E-state index in [2.05, 4.69) is 46.1 Å². The monoisotopic (exact) mass is 328 g/mol. The molecule has 1 aromatic rings. The minimum absolute atomic E-state index is 0.564. The molecule has 0 aliphatic carbocycles. The lowest BCUT2D eigenvalue weighted by atomic mass is 10.1. The van der Waals surface area contributed by atoms with Crippen molar-refractivity contribution in [3.63, 3.8) is 0 Å². The molecule has 4 heteroatoms. The largest absolute Gasteiger partial charge is 0.354 e. The van der Waals surface area contributed by atoms with E-state index in [0.717, 1.165) is 26.2 Å². The quantitative estimate of drug-likeness (QED) is 0.437. The van der Waals surface area contributed by atoms with E-state index in [-0.39, 0.29) is 0 Å². The zero-order valence-electron chi connectivity index (χ0n) is 15.0. The standard InChI is InChI=1S/C20H32N4/c21-13-11-19-24(20-12-14-22)16-8-6-4-2-1-3-5-7-15-23-17-9-10-18-23/h9-10,17-18H,1-8,11-12,15-16,19-20H2. The second-order valence-corrected chi connectivity index (χ2v) is 6.41. The summed E-state index contributed by atoms with van der Waals surface area (Å²) in [6.07, 6.45) is 15.8. The van der Waals surface area contributed by atoms with Gasteiger partial charge in [-0.3, -0.25) is 0 Å². The zero-order valence-corrected chi connectivity index (χ0v) is 15.0. The third kappa shape index (κ3) is 10.9. The normalized spacial score (nSPS) is 10.6. The molecule has 0 spiro atoms. The molecule has 1 aromatic heterocycles. The number of hydrogen-bond donors (Lipinski definition) is 0. The summed E-state index contributed by atoms with van der Waals surface area (Å²) in [5.41, 5.74) is 0. The summed E-state index contributed by atoms with van der Waals surface area (Å²) < 4.78 is 2.25. The Bertz CT molecular complexity index is 449. The van der Waals surface area contributed by atoms with Crippen molar-refractivity contribution >= 4 is 0 Å². The molecule has 0 atom stereocenters. The smallest absolute Gasteiger partial charge is 0.0635 e. The third-order valence-electron chi connectivity index (χ3n) is 4.39. The van der Waals surface area contributed by atoms with Gasteiger partial charge in [-0.2, -0.15) is 10.5 Å². The maximum atomic E-state index is 8.68. The summed E-state index contributed by atoms with van der Waals surface area (Å²) in [5, 5.41) is 17.4. The Hall–Kier alpha value is -1.78. The van der Waals surface area contributed by atoms with Crippen LogP contribution in [0.5, 0.6) is 0 Å². The van der Waals surface area contributed by atoms with Crippen molar-refractivity contribution in [3.8, 4) is 12.1 Å². The highest BCUT2D eigenvalue weighted by molar-refractivity contribution is 4.89. The summed E-state index contributed by atoms with van der Waals surface area (Å²) in [4.78, 5) is 2.26. The first-order chi connectivity index (χ1) is 11.9. The molecule has 0 N–H and O–H groups in total. The lowest BCUT2D eigenvalue weighted by Crippen LogP contribution is -2.26. The van der Waals surface area contributed by atoms with Gasteiger partial charge in [0, 0.05) is 44.9 Å². The van der Waals surface area contributed by atoms with Crippen LogP contribution >= 0.6 is 0 Å². The van der Waals surface area contributed by atoms with Crippen LogP contribution in [-0.2, 0) is 6.54 Å². The van der Waals surface area contributed by atoms with Gasteiger partial charge in [0.05, 0.1) is 12.1 Å². The van der Waals surface area contributed by atoms with Crippen LogP contribution < -0.4 is 0 Å². The highest BCUT2D eigenvalue weighted by Gasteiger charge is 2.03. The van der Waals surface area contributed by atoms with Gasteiger partial charge in [-0.15, -0.1) is 0 Å². The SMILES string of the molecule is N#CCCN(CCC#N)CCCCCCCCCCn1cccc1. The van der Waals surface area contributed by atoms with E-state index in [1.165, 1.54) is 51.4 Å². The second kappa shape index (κ2) is 14.8. The van der Waals surface area contributed by atoms with E-state index in [0.29, 0.717) is 12.8 Å². The fourth-order valence-electron chi connectivity index (χ4n) is 2.96. The maximum Gasteiger partial charge on any atom is 0.0635 e. The Kier molecular flexibility index (Phi) is 12.5. The summed E-state index contributed by atoms with van der Waals surface area (Å²) >= 11 is 0. The highest BCUT2D eigenvalue weighted by atomic mass is 15.1. The van der Waals surface area contributed by atoms with Crippen LogP contribution in [0.2, 0.25) is 0 Å². The summed E-state index contributed by atoms with van der Waals surface area (Å²) in [7, 11) is 0. The van der Waals surface area contributed by atoms with E-state index >= 15 is 0 Å². The van der Waals surface area contributed by atoms with Crippen molar-refractivity contribution in [3.05, 3.63) is 24.5 Å². The summed E-state index contributed by atoms with van der Waals surface area (Å²) in [5.74, 6) is 0. The van der Waals surface area contributed by atoms with E-state index in [1.54, 1.807) is 0 Å². The average molecular weight is 329 g/mol. The van der Waals surface area contributed by atoms with E-state index in [4.69, 9.17) is 10.5 Å². The molecule has 0 unspecified atom stereocenters. The van der Waals surface area contributed by atoms with Gasteiger partial charge >= 0.3 is 0 Å². The molecular formula is C20H32N4. The molecule has 1 heterocycles. The van der Waals surface area contributed by atoms with Crippen LogP contribution in [0.4, 0.5) is 0 Å². The number of nitrogens with zero attached hydrogens (tertiary/aromatic N) is 4. The molecule has 0 fully saturated rings. The number of aromatic nitrogens is 1. The number of rotatable bonds is 15. The van der Waals surface area contributed by atoms with Crippen LogP contribution in [0.3, 0.4) is 0 Å². The van der Waals surface area contributed by atoms with Gasteiger partial charge in [0.25, 0.3) is 0 Å². The fourth-order valence-corrected chi connectivity index (χ4v) is 2.96. The van der Waals surface area contributed by atoms with Crippen molar-refractivity contribution in [2.24, 2.45) is 0 Å². The molecule has 132 valence electrons. The van der Waals surface area contributed by atoms with E-state index in [1.807, 2.05) is 0 Å². The van der Waals surface area contributed by atoms with Gasteiger partial charge < -0.3 is 9.47 Å². The first kappa shape index (κ1) is 20.3. The lowest BCUT2D eigenvalue weighted by molar-refractivity contribution is 0.278. The molecule has 0 amide bonds. The molecule has 0 saturated heterocycles. The summed E-state index contributed by atoms with van der Waals surface area (Å²) in [6.45, 7) is 3.79. The van der Waals surface area contributed by atoms with Crippen LogP contribution in [0.1, 0.15) is 64.2 Å². The van der Waals surface area contributed by atoms with Crippen LogP contribution in [-0.4, -0.2) is 29.1 Å². The molecule has 4 nitrogen and oxygen atoms in total. The number of nitriles is 2. The molecule has 0 aromatic carbocycles. The zero-order chi connectivity index (χ0) is 17.3. The molecule has 24 heavy (non-hydrogen) atoms. The van der Waals surface area contributed by atoms with Crippen molar-refractivity contribution in [2.45, 2.75) is 70.8 Å². The second-order valence-electron chi connectivity index (χ2n) is 6.41. The first-order valence-corrected chi connectivity index (χ1v) is 9.44. The Balaban J connectivity index is 1.89. The van der Waals surface area contributed by atoms with Crippen LogP contribution in [0.25, 0.3) is 0 Å². The third-order valence-corrected chi connectivity index (χ3v) is 4.39. The molecule has 0 saturated carbocycles. The van der Waals surface area contributed by atoms with Crippen molar-refractivity contribution in [2.75, 3.05) is 19.6 Å². The van der Waals surface area contributed by atoms with Gasteiger partial charge in [0.2, 0.25) is 0 Å². The Morgan fingerprint density at radius 1 is 0.667 bits per heavy atom. The Labute approximate surface area is 147 Å². The first-order valence-electron chi connectivity index (χ1n) is 9.44. The highest BCUT2D eigenvalue weighted by Crippen LogP contribution is 2.10. The van der Waals surface area contributed by atoms with Crippen LogP contribution in [0, 0.1) is 22.7 Å². The molecular weight excluding hydrogens is 296 g/mol. The lowest BCUT2D eigenvalue weighted by Gasteiger charge is -2.19. The van der Waals surface area contributed by atoms with Crippen molar-refractivity contribution < 1.29 is 0 Å². The molecule has 0 radical (unpaired) electrons.